The van der Waals surface area contributed by atoms with Crippen molar-refractivity contribution in [3.63, 3.8) is 0 Å². The number of nitrogens with zero attached hydrogens (tertiary/aromatic N) is 4. The minimum Gasteiger partial charge on any atom is -0.391 e. The summed E-state index contributed by atoms with van der Waals surface area (Å²) in [7, 11) is 1.74. The zero-order chi connectivity index (χ0) is 20.2. The molecule has 3 aromatic rings. The van der Waals surface area contributed by atoms with E-state index in [-0.39, 0.29) is 11.1 Å². The Hall–Kier alpha value is -2.67. The van der Waals surface area contributed by atoms with Crippen LogP contribution in [0, 0.1) is 12.8 Å². The fourth-order valence-electron chi connectivity index (χ4n) is 5.36. The van der Waals surface area contributed by atoms with Gasteiger partial charge in [0.05, 0.1) is 11.6 Å². The molecule has 2 aliphatic rings. The predicted molar refractivity (Wildman–Crippen MR) is 112 cm³/mol. The lowest BCUT2D eigenvalue weighted by Crippen LogP contribution is -2.48. The smallest absolute Gasteiger partial charge is 0.280 e. The van der Waals surface area contributed by atoms with Crippen LogP contribution in [-0.4, -0.2) is 35.9 Å². The maximum atomic E-state index is 13.3. The van der Waals surface area contributed by atoms with E-state index in [1.807, 2.05) is 41.8 Å². The van der Waals surface area contributed by atoms with Gasteiger partial charge in [0.15, 0.2) is 11.2 Å². The van der Waals surface area contributed by atoms with Crippen LogP contribution in [-0.2, 0) is 13.6 Å². The topological polar surface area (TPSA) is 85.0 Å². The predicted octanol–water partition coefficient (Wildman–Crippen LogP) is 2.59. The lowest BCUT2D eigenvalue weighted by atomic mass is 9.89. The zero-order valence-electron chi connectivity index (χ0n) is 16.9. The number of rotatable bonds is 4. The highest BCUT2D eigenvalue weighted by Crippen LogP contribution is 2.49. The van der Waals surface area contributed by atoms with E-state index in [1.54, 1.807) is 11.6 Å². The summed E-state index contributed by atoms with van der Waals surface area (Å²) in [5.41, 5.74) is 1.61. The van der Waals surface area contributed by atoms with Gasteiger partial charge in [-0.05, 0) is 44.1 Å². The molecule has 1 aromatic carbocycles. The molecular formula is C22H27N5O2. The molecule has 0 amide bonds. The van der Waals surface area contributed by atoms with Gasteiger partial charge >= 0.3 is 0 Å². The number of nitrogens with one attached hydrogen (secondary N) is 1. The van der Waals surface area contributed by atoms with Gasteiger partial charge in [0.2, 0.25) is 5.95 Å². The molecule has 7 nitrogen and oxygen atoms in total. The van der Waals surface area contributed by atoms with Crippen LogP contribution in [0.5, 0.6) is 0 Å². The molecule has 0 radical (unpaired) electrons. The van der Waals surface area contributed by atoms with Crippen LogP contribution < -0.4 is 10.9 Å². The van der Waals surface area contributed by atoms with Crippen LogP contribution in [0.3, 0.4) is 0 Å². The van der Waals surface area contributed by atoms with E-state index >= 15 is 0 Å². The molecule has 2 N–H and O–H groups in total. The minimum atomic E-state index is -0.403. The van der Waals surface area contributed by atoms with E-state index < -0.39 is 6.10 Å². The van der Waals surface area contributed by atoms with Gasteiger partial charge in [-0.3, -0.25) is 9.36 Å². The van der Waals surface area contributed by atoms with E-state index in [9.17, 15) is 9.90 Å². The van der Waals surface area contributed by atoms with Crippen molar-refractivity contribution in [2.45, 2.75) is 57.2 Å². The number of aliphatic hydroxyl groups is 1. The van der Waals surface area contributed by atoms with Crippen molar-refractivity contribution in [3.05, 3.63) is 52.1 Å². The van der Waals surface area contributed by atoms with Gasteiger partial charge < -0.3 is 15.0 Å². The molecule has 2 heterocycles. The van der Waals surface area contributed by atoms with E-state index in [2.05, 4.69) is 10.3 Å². The quantitative estimate of drug-likeness (QED) is 0.712. The van der Waals surface area contributed by atoms with E-state index in [1.165, 1.54) is 0 Å². The molecule has 2 fully saturated rings. The summed E-state index contributed by atoms with van der Waals surface area (Å²) >= 11 is 0. The summed E-state index contributed by atoms with van der Waals surface area (Å²) in [6, 6.07) is 10.0. The summed E-state index contributed by atoms with van der Waals surface area (Å²) in [5, 5.41) is 14.2. The van der Waals surface area contributed by atoms with E-state index in [4.69, 9.17) is 4.98 Å². The summed E-state index contributed by atoms with van der Waals surface area (Å²) in [6.45, 7) is 2.49. The van der Waals surface area contributed by atoms with Crippen molar-refractivity contribution in [3.8, 4) is 0 Å². The standard InChI is InChI=1S/C22H27N5O2/c1-14-23-19-18(27(14)13-15-7-4-3-5-8-15)20(29)26(2)21(24-19)25-22-12-6-9-16(22)10-11-17(22)28/h3-5,7-8,16-17,28H,6,9-13H2,1-2H3,(H,24,25)/t16?,17?,22-/m1/s1. The average molecular weight is 393 g/mol. The molecule has 0 bridgehead atoms. The molecule has 29 heavy (non-hydrogen) atoms. The van der Waals surface area contributed by atoms with Gasteiger partial charge in [0.25, 0.3) is 5.56 Å². The van der Waals surface area contributed by atoms with Crippen LogP contribution >= 0.6 is 0 Å². The molecule has 2 aromatic heterocycles. The number of aryl methyl sites for hydroxylation is 1. The van der Waals surface area contributed by atoms with Crippen molar-refractivity contribution in [2.24, 2.45) is 13.0 Å². The maximum Gasteiger partial charge on any atom is 0.280 e. The molecule has 152 valence electrons. The normalized spacial score (nSPS) is 26.2. The second kappa shape index (κ2) is 6.69. The number of fused-ring (bicyclic) bond motifs is 2. The van der Waals surface area contributed by atoms with Crippen molar-refractivity contribution in [1.82, 2.24) is 19.1 Å². The van der Waals surface area contributed by atoms with Crippen molar-refractivity contribution in [2.75, 3.05) is 5.32 Å². The Bertz CT molecular complexity index is 1120. The zero-order valence-corrected chi connectivity index (χ0v) is 16.9. The third-order valence-corrected chi connectivity index (χ3v) is 6.96. The molecule has 0 spiro atoms. The number of imidazole rings is 1. The van der Waals surface area contributed by atoms with Crippen LogP contribution in [0.15, 0.2) is 35.1 Å². The summed E-state index contributed by atoms with van der Waals surface area (Å²) in [4.78, 5) is 22.6. The van der Waals surface area contributed by atoms with Gasteiger partial charge in [-0.15, -0.1) is 0 Å². The second-order valence-corrected chi connectivity index (χ2v) is 8.55. The number of hydrogen-bond donors (Lipinski definition) is 2. The van der Waals surface area contributed by atoms with Gasteiger partial charge in [-0.2, -0.15) is 4.98 Å². The first-order valence-corrected chi connectivity index (χ1v) is 10.4. The Kier molecular flexibility index (Phi) is 4.24. The minimum absolute atomic E-state index is 0.118. The molecule has 2 unspecified atom stereocenters. The third-order valence-electron chi connectivity index (χ3n) is 6.96. The highest BCUT2D eigenvalue weighted by atomic mass is 16.3. The van der Waals surface area contributed by atoms with E-state index in [0.717, 1.165) is 43.5 Å². The van der Waals surface area contributed by atoms with Gasteiger partial charge in [-0.25, -0.2) is 4.98 Å². The fourth-order valence-corrected chi connectivity index (χ4v) is 5.36. The largest absolute Gasteiger partial charge is 0.391 e. The Morgan fingerprint density at radius 2 is 2.00 bits per heavy atom. The lowest BCUT2D eigenvalue weighted by Gasteiger charge is -2.35. The van der Waals surface area contributed by atoms with Crippen LogP contribution in [0.2, 0.25) is 0 Å². The highest BCUT2D eigenvalue weighted by molar-refractivity contribution is 5.72. The van der Waals surface area contributed by atoms with Gasteiger partial charge in [-0.1, -0.05) is 36.8 Å². The fraction of sp³-hybridized carbons (Fsp3) is 0.500. The molecule has 2 aliphatic carbocycles. The Morgan fingerprint density at radius 1 is 1.21 bits per heavy atom. The Balaban J connectivity index is 1.58. The van der Waals surface area contributed by atoms with Gasteiger partial charge in [0, 0.05) is 13.6 Å². The Labute approximate surface area is 169 Å². The van der Waals surface area contributed by atoms with Crippen LogP contribution in [0.4, 0.5) is 5.95 Å². The molecular weight excluding hydrogens is 366 g/mol. The van der Waals surface area contributed by atoms with Crippen LogP contribution in [0.25, 0.3) is 11.2 Å². The van der Waals surface area contributed by atoms with Gasteiger partial charge in [0.1, 0.15) is 5.82 Å². The lowest BCUT2D eigenvalue weighted by molar-refractivity contribution is 0.113. The third kappa shape index (κ3) is 2.79. The average Bonchev–Trinajstić information content (AvgIpc) is 3.35. The number of anilines is 1. The van der Waals surface area contributed by atoms with Crippen molar-refractivity contribution in [1.29, 1.82) is 0 Å². The number of benzene rings is 1. The Morgan fingerprint density at radius 3 is 2.79 bits per heavy atom. The molecule has 2 saturated carbocycles. The maximum absolute atomic E-state index is 13.3. The summed E-state index contributed by atoms with van der Waals surface area (Å²) in [5.74, 6) is 1.70. The first-order valence-electron chi connectivity index (χ1n) is 10.4. The van der Waals surface area contributed by atoms with E-state index in [0.29, 0.717) is 29.6 Å². The van der Waals surface area contributed by atoms with Crippen LogP contribution in [0.1, 0.15) is 43.5 Å². The monoisotopic (exact) mass is 393 g/mol. The molecule has 0 saturated heterocycles. The van der Waals surface area contributed by atoms with Crippen molar-refractivity contribution < 1.29 is 5.11 Å². The molecule has 3 atom stereocenters. The van der Waals surface area contributed by atoms with Crippen molar-refractivity contribution >= 4 is 17.1 Å². The highest BCUT2D eigenvalue weighted by Gasteiger charge is 2.52. The first-order chi connectivity index (χ1) is 14.0. The molecule has 7 heteroatoms. The summed E-state index contributed by atoms with van der Waals surface area (Å²) < 4.78 is 3.50. The molecule has 5 rings (SSSR count). The number of hydrogen-bond acceptors (Lipinski definition) is 5. The second-order valence-electron chi connectivity index (χ2n) is 8.55. The molecule has 0 aliphatic heterocycles. The SMILES string of the molecule is Cc1nc2nc(N[C@]34CCCC3CCC4O)n(C)c(=O)c2n1Cc1ccccc1. The first kappa shape index (κ1) is 18.4. The number of aromatic nitrogens is 4. The number of aliphatic hydroxyl groups excluding tert-OH is 1. The summed E-state index contributed by atoms with van der Waals surface area (Å²) in [6.07, 6.45) is 4.54.